The lowest BCUT2D eigenvalue weighted by Gasteiger charge is -2.27. The molecule has 0 aliphatic carbocycles. The summed E-state index contributed by atoms with van der Waals surface area (Å²) in [6, 6.07) is -0.602. The highest BCUT2D eigenvalue weighted by Gasteiger charge is 2.42. The van der Waals surface area contributed by atoms with Crippen molar-refractivity contribution in [3.8, 4) is 0 Å². The quantitative estimate of drug-likeness (QED) is 0.642. The Bertz CT molecular complexity index is 235. The Labute approximate surface area is 88.5 Å². The lowest BCUT2D eigenvalue weighted by Crippen LogP contribution is -2.30. The van der Waals surface area contributed by atoms with Crippen LogP contribution in [0.1, 0.15) is 32.6 Å². The second-order valence-electron chi connectivity index (χ2n) is 4.36. The van der Waals surface area contributed by atoms with Gasteiger partial charge in [-0.1, -0.05) is 13.3 Å². The molecule has 0 aromatic heterocycles. The van der Waals surface area contributed by atoms with Gasteiger partial charge >= 0.3 is 5.97 Å². The molecule has 3 unspecified atom stereocenters. The number of aliphatic hydroxyl groups is 1. The molecule has 1 heterocycles. The number of carboxylic acid groups (broad SMARTS) is 1. The van der Waals surface area contributed by atoms with Crippen LogP contribution in [-0.4, -0.2) is 35.1 Å². The van der Waals surface area contributed by atoms with Gasteiger partial charge in [0.05, 0.1) is 0 Å². The van der Waals surface area contributed by atoms with Crippen LogP contribution in [-0.2, 0) is 4.79 Å². The molecule has 1 aliphatic heterocycles. The van der Waals surface area contributed by atoms with E-state index in [4.69, 9.17) is 10.2 Å². The predicted molar refractivity (Wildman–Crippen MR) is 53.1 cm³/mol. The third-order valence-corrected chi connectivity index (χ3v) is 3.04. The summed E-state index contributed by atoms with van der Waals surface area (Å²) in [5, 5.41) is 20.5. The Morgan fingerprint density at radius 3 is 2.80 bits per heavy atom. The first-order valence-electron chi connectivity index (χ1n) is 5.27. The van der Waals surface area contributed by atoms with E-state index < -0.39 is 23.8 Å². The molecule has 0 radical (unpaired) electrons. The van der Waals surface area contributed by atoms with Crippen molar-refractivity contribution in [3.63, 3.8) is 0 Å². The van der Waals surface area contributed by atoms with E-state index in [0.717, 1.165) is 12.8 Å². The number of nitrogens with one attached hydrogen (secondary N) is 1. The molecule has 88 valence electrons. The molecule has 0 aromatic rings. The minimum absolute atomic E-state index is 0.0254. The van der Waals surface area contributed by atoms with E-state index in [9.17, 15) is 9.18 Å². The molecule has 0 saturated carbocycles. The van der Waals surface area contributed by atoms with Crippen molar-refractivity contribution in [3.05, 3.63) is 0 Å². The normalized spacial score (nSPS) is 32.9. The van der Waals surface area contributed by atoms with Gasteiger partial charge in [-0.3, -0.25) is 4.79 Å². The van der Waals surface area contributed by atoms with Crippen LogP contribution < -0.4 is 5.32 Å². The first-order valence-corrected chi connectivity index (χ1v) is 5.27. The van der Waals surface area contributed by atoms with Gasteiger partial charge in [0.1, 0.15) is 6.04 Å². The molecule has 15 heavy (non-hydrogen) atoms. The van der Waals surface area contributed by atoms with Gasteiger partial charge in [0, 0.05) is 13.0 Å². The van der Waals surface area contributed by atoms with E-state index in [1.54, 1.807) is 0 Å². The van der Waals surface area contributed by atoms with E-state index >= 15 is 0 Å². The van der Waals surface area contributed by atoms with Crippen molar-refractivity contribution in [1.82, 2.24) is 5.32 Å². The number of alkyl halides is 1. The summed E-state index contributed by atoms with van der Waals surface area (Å²) in [5.41, 5.74) is -0.397. The number of carboxylic acids is 1. The van der Waals surface area contributed by atoms with Crippen LogP contribution in [0.2, 0.25) is 0 Å². The smallest absolute Gasteiger partial charge is 0.320 e. The van der Waals surface area contributed by atoms with E-state index in [1.165, 1.54) is 0 Å². The Kier molecular flexibility index (Phi) is 4.04. The maximum Gasteiger partial charge on any atom is 0.320 e. The molecule has 0 amide bonds. The number of aliphatic hydroxyl groups excluding tert-OH is 1. The zero-order chi connectivity index (χ0) is 11.5. The largest absolute Gasteiger partial charge is 0.480 e. The van der Waals surface area contributed by atoms with Gasteiger partial charge in [0.2, 0.25) is 0 Å². The van der Waals surface area contributed by atoms with Gasteiger partial charge in [0.15, 0.2) is 6.36 Å². The van der Waals surface area contributed by atoms with Crippen molar-refractivity contribution >= 4 is 5.97 Å². The number of carbonyl (C=O) groups is 1. The maximum atomic E-state index is 12.6. The Balaban J connectivity index is 2.64. The Morgan fingerprint density at radius 1 is 1.73 bits per heavy atom. The number of aliphatic carboxylic acids is 1. The fraction of sp³-hybridized carbons (Fsp3) is 0.900. The Hall–Kier alpha value is -0.680. The van der Waals surface area contributed by atoms with Gasteiger partial charge in [-0.25, -0.2) is 4.39 Å². The molecule has 4 nitrogen and oxygen atoms in total. The van der Waals surface area contributed by atoms with Gasteiger partial charge in [-0.2, -0.15) is 0 Å². The van der Waals surface area contributed by atoms with Gasteiger partial charge in [-0.05, 0) is 18.3 Å². The van der Waals surface area contributed by atoms with Gasteiger partial charge < -0.3 is 15.5 Å². The standard InChI is InChI=1S/C10H18FNO3/c1-2-3-10(5-8(11)13)4-7(9(14)15)12-6-10/h7-8,12-13H,2-6H2,1H3,(H,14,15). The van der Waals surface area contributed by atoms with E-state index in [2.05, 4.69) is 5.32 Å². The van der Waals surface area contributed by atoms with Crippen molar-refractivity contribution < 1.29 is 19.4 Å². The summed E-state index contributed by atoms with van der Waals surface area (Å²) in [5.74, 6) is -0.902. The zero-order valence-corrected chi connectivity index (χ0v) is 8.87. The summed E-state index contributed by atoms with van der Waals surface area (Å²) in [4.78, 5) is 10.8. The molecule has 1 saturated heterocycles. The molecular weight excluding hydrogens is 201 g/mol. The lowest BCUT2D eigenvalue weighted by atomic mass is 9.78. The molecule has 3 atom stereocenters. The zero-order valence-electron chi connectivity index (χ0n) is 8.87. The average Bonchev–Trinajstić information content (AvgIpc) is 2.48. The molecule has 0 bridgehead atoms. The van der Waals surface area contributed by atoms with Crippen LogP contribution in [0.25, 0.3) is 0 Å². The average molecular weight is 219 g/mol. The van der Waals surface area contributed by atoms with E-state index in [0.29, 0.717) is 13.0 Å². The monoisotopic (exact) mass is 219 g/mol. The third-order valence-electron chi connectivity index (χ3n) is 3.04. The van der Waals surface area contributed by atoms with Crippen molar-refractivity contribution in [2.45, 2.75) is 45.0 Å². The van der Waals surface area contributed by atoms with Crippen molar-refractivity contribution in [2.75, 3.05) is 6.54 Å². The second-order valence-corrected chi connectivity index (χ2v) is 4.36. The topological polar surface area (TPSA) is 69.6 Å². The van der Waals surface area contributed by atoms with E-state index in [-0.39, 0.29) is 6.42 Å². The highest BCUT2D eigenvalue weighted by Crippen LogP contribution is 2.38. The van der Waals surface area contributed by atoms with Crippen LogP contribution in [0.3, 0.4) is 0 Å². The van der Waals surface area contributed by atoms with E-state index in [1.807, 2.05) is 6.92 Å². The number of hydrogen-bond acceptors (Lipinski definition) is 3. The minimum atomic E-state index is -1.86. The van der Waals surface area contributed by atoms with Gasteiger partial charge in [0.25, 0.3) is 0 Å². The van der Waals surface area contributed by atoms with Crippen LogP contribution in [0.4, 0.5) is 4.39 Å². The summed E-state index contributed by atoms with van der Waals surface area (Å²) in [7, 11) is 0. The minimum Gasteiger partial charge on any atom is -0.480 e. The fourth-order valence-corrected chi connectivity index (χ4v) is 2.43. The summed E-state index contributed by atoms with van der Waals surface area (Å²) < 4.78 is 12.6. The molecular formula is C10H18FNO3. The fourth-order valence-electron chi connectivity index (χ4n) is 2.43. The molecule has 5 heteroatoms. The molecule has 0 spiro atoms. The first-order chi connectivity index (χ1) is 6.99. The number of rotatable bonds is 5. The van der Waals surface area contributed by atoms with Crippen LogP contribution in [0, 0.1) is 5.41 Å². The number of halogens is 1. The Morgan fingerprint density at radius 2 is 2.40 bits per heavy atom. The summed E-state index contributed by atoms with van der Waals surface area (Å²) in [6.45, 7) is 2.44. The van der Waals surface area contributed by atoms with Crippen LogP contribution in [0.15, 0.2) is 0 Å². The molecule has 0 aromatic carbocycles. The SMILES string of the molecule is CCCC1(CC(O)F)CNC(C(=O)O)C1. The highest BCUT2D eigenvalue weighted by molar-refractivity contribution is 5.74. The predicted octanol–water partition coefficient (Wildman–Crippen LogP) is 0.897. The molecule has 1 rings (SSSR count). The van der Waals surface area contributed by atoms with Crippen LogP contribution in [0.5, 0.6) is 0 Å². The molecule has 1 fully saturated rings. The van der Waals surface area contributed by atoms with Crippen molar-refractivity contribution in [2.24, 2.45) is 5.41 Å². The molecule has 3 N–H and O–H groups in total. The van der Waals surface area contributed by atoms with Crippen molar-refractivity contribution in [1.29, 1.82) is 0 Å². The van der Waals surface area contributed by atoms with Gasteiger partial charge in [-0.15, -0.1) is 0 Å². The molecule has 1 aliphatic rings. The third kappa shape index (κ3) is 3.14. The van der Waals surface area contributed by atoms with Crippen LogP contribution >= 0.6 is 0 Å². The summed E-state index contributed by atoms with van der Waals surface area (Å²) >= 11 is 0. The number of hydrogen-bond donors (Lipinski definition) is 3. The highest BCUT2D eigenvalue weighted by atomic mass is 19.1. The maximum absolute atomic E-state index is 12.6. The second kappa shape index (κ2) is 4.90. The lowest BCUT2D eigenvalue weighted by molar-refractivity contribution is -0.139. The first kappa shape index (κ1) is 12.4. The summed E-state index contributed by atoms with van der Waals surface area (Å²) in [6.07, 6.45) is 0.172.